The third kappa shape index (κ3) is 2.32. The van der Waals surface area contributed by atoms with Crippen molar-refractivity contribution in [3.05, 3.63) is 0 Å². The van der Waals surface area contributed by atoms with E-state index < -0.39 is 5.60 Å². The molecule has 1 saturated carbocycles. The van der Waals surface area contributed by atoms with Crippen molar-refractivity contribution in [3.8, 4) is 0 Å². The summed E-state index contributed by atoms with van der Waals surface area (Å²) in [5, 5.41) is 9.29. The lowest BCUT2D eigenvalue weighted by Crippen LogP contribution is -2.41. The quantitative estimate of drug-likeness (QED) is 0.742. The summed E-state index contributed by atoms with van der Waals surface area (Å²) < 4.78 is 5.35. The number of carbonyl (C=O) groups is 1. The molecule has 4 nitrogen and oxygen atoms in total. The average molecular weight is 227 g/mol. The molecule has 2 fully saturated rings. The van der Waals surface area contributed by atoms with Crippen LogP contribution in [0.15, 0.2) is 0 Å². The summed E-state index contributed by atoms with van der Waals surface area (Å²) in [6.07, 6.45) is 3.02. The van der Waals surface area contributed by atoms with Crippen LogP contribution in [0.2, 0.25) is 0 Å². The molecule has 2 rings (SSSR count). The smallest absolute Gasteiger partial charge is 0.410 e. The molecule has 0 radical (unpaired) electrons. The van der Waals surface area contributed by atoms with Gasteiger partial charge in [0.2, 0.25) is 0 Å². The van der Waals surface area contributed by atoms with E-state index >= 15 is 0 Å². The number of hydrogen-bond donors (Lipinski definition) is 1. The molecule has 2 aliphatic rings. The van der Waals surface area contributed by atoms with Gasteiger partial charge in [-0.05, 0) is 45.4 Å². The minimum absolute atomic E-state index is 0.0427. The van der Waals surface area contributed by atoms with Crippen LogP contribution in [0.5, 0.6) is 0 Å². The van der Waals surface area contributed by atoms with Crippen LogP contribution in [0.1, 0.15) is 40.0 Å². The Kier molecular flexibility index (Phi) is 2.65. The Labute approximate surface area is 96.6 Å². The van der Waals surface area contributed by atoms with Crippen molar-refractivity contribution in [2.24, 2.45) is 5.41 Å². The van der Waals surface area contributed by atoms with Gasteiger partial charge >= 0.3 is 6.09 Å². The van der Waals surface area contributed by atoms with Gasteiger partial charge in [0, 0.05) is 6.54 Å². The predicted molar refractivity (Wildman–Crippen MR) is 60.1 cm³/mol. The van der Waals surface area contributed by atoms with Gasteiger partial charge in [-0.2, -0.15) is 0 Å². The first-order valence-corrected chi connectivity index (χ1v) is 5.96. The van der Waals surface area contributed by atoms with E-state index in [1.54, 1.807) is 4.90 Å². The van der Waals surface area contributed by atoms with Gasteiger partial charge in [-0.15, -0.1) is 0 Å². The molecule has 1 aliphatic carbocycles. The molecule has 4 heteroatoms. The molecule has 1 spiro atoms. The minimum atomic E-state index is -0.462. The molecule has 92 valence electrons. The minimum Gasteiger partial charge on any atom is -0.444 e. The molecule has 1 amide bonds. The molecule has 1 heterocycles. The highest BCUT2D eigenvalue weighted by molar-refractivity contribution is 5.69. The number of carbonyl (C=O) groups excluding carboxylic acids is 1. The maximum atomic E-state index is 11.9. The number of likely N-dealkylation sites (tertiary alicyclic amines) is 1. The van der Waals surface area contributed by atoms with Crippen molar-refractivity contribution in [2.45, 2.75) is 51.7 Å². The first-order chi connectivity index (χ1) is 7.35. The van der Waals surface area contributed by atoms with E-state index in [-0.39, 0.29) is 18.7 Å². The zero-order chi connectivity index (χ0) is 12.0. The van der Waals surface area contributed by atoms with E-state index in [1.807, 2.05) is 20.8 Å². The lowest BCUT2D eigenvalue weighted by atomic mass is 10.0. The fraction of sp³-hybridized carbons (Fsp3) is 0.917. The maximum Gasteiger partial charge on any atom is 0.410 e. The lowest BCUT2D eigenvalue weighted by molar-refractivity contribution is 0.0171. The molecule has 16 heavy (non-hydrogen) atoms. The van der Waals surface area contributed by atoms with Gasteiger partial charge in [-0.25, -0.2) is 4.79 Å². The van der Waals surface area contributed by atoms with Crippen LogP contribution < -0.4 is 0 Å². The SMILES string of the molecule is CC(C)(C)OC(=O)N1CC2(CC2)CC1CO. The normalized spacial score (nSPS) is 27.2. The van der Waals surface area contributed by atoms with Crippen LogP contribution in [-0.2, 0) is 4.74 Å². The average Bonchev–Trinajstić information content (AvgIpc) is 2.75. The van der Waals surface area contributed by atoms with E-state index in [0.717, 1.165) is 13.0 Å². The zero-order valence-corrected chi connectivity index (χ0v) is 10.3. The van der Waals surface area contributed by atoms with E-state index in [2.05, 4.69) is 0 Å². The fourth-order valence-electron chi connectivity index (χ4n) is 2.40. The molecular formula is C12H21NO3. The Morgan fingerprint density at radius 2 is 2.12 bits per heavy atom. The van der Waals surface area contributed by atoms with Gasteiger partial charge in [0.05, 0.1) is 12.6 Å². The summed E-state index contributed by atoms with van der Waals surface area (Å²) in [5.41, 5.74) is -0.152. The second-order valence-electron chi connectivity index (χ2n) is 6.15. The van der Waals surface area contributed by atoms with Crippen molar-refractivity contribution in [1.82, 2.24) is 4.90 Å². The largest absolute Gasteiger partial charge is 0.444 e. The van der Waals surface area contributed by atoms with Crippen molar-refractivity contribution in [1.29, 1.82) is 0 Å². The highest BCUT2D eigenvalue weighted by atomic mass is 16.6. The molecule has 0 bridgehead atoms. The zero-order valence-electron chi connectivity index (χ0n) is 10.3. The van der Waals surface area contributed by atoms with Crippen LogP contribution in [0, 0.1) is 5.41 Å². The predicted octanol–water partition coefficient (Wildman–Crippen LogP) is 1.77. The number of amides is 1. The third-order valence-electron chi connectivity index (χ3n) is 3.41. The summed E-state index contributed by atoms with van der Waals surface area (Å²) in [4.78, 5) is 13.6. The molecular weight excluding hydrogens is 206 g/mol. The van der Waals surface area contributed by atoms with Crippen LogP contribution in [0.25, 0.3) is 0 Å². The van der Waals surface area contributed by atoms with E-state index in [4.69, 9.17) is 4.74 Å². The lowest BCUT2D eigenvalue weighted by Gasteiger charge is -2.27. The summed E-state index contributed by atoms with van der Waals surface area (Å²) in [7, 11) is 0. The van der Waals surface area contributed by atoms with Gasteiger partial charge in [0.25, 0.3) is 0 Å². The summed E-state index contributed by atoms with van der Waals surface area (Å²) in [6.45, 7) is 6.39. The number of aliphatic hydroxyl groups excluding tert-OH is 1. The van der Waals surface area contributed by atoms with Crippen LogP contribution >= 0.6 is 0 Å². The Morgan fingerprint density at radius 3 is 2.56 bits per heavy atom. The summed E-state index contributed by atoms with van der Waals surface area (Å²) in [6, 6.07) is -0.0441. The Balaban J connectivity index is 2.00. The molecule has 1 N–H and O–H groups in total. The summed E-state index contributed by atoms with van der Waals surface area (Å²) >= 11 is 0. The van der Waals surface area contributed by atoms with Gasteiger partial charge in [-0.3, -0.25) is 0 Å². The fourth-order valence-corrected chi connectivity index (χ4v) is 2.40. The monoisotopic (exact) mass is 227 g/mol. The van der Waals surface area contributed by atoms with Gasteiger partial charge < -0.3 is 14.7 Å². The van der Waals surface area contributed by atoms with Crippen molar-refractivity contribution < 1.29 is 14.6 Å². The van der Waals surface area contributed by atoms with E-state index in [0.29, 0.717) is 5.41 Å². The number of hydrogen-bond acceptors (Lipinski definition) is 3. The third-order valence-corrected chi connectivity index (χ3v) is 3.41. The van der Waals surface area contributed by atoms with Gasteiger partial charge in [0.1, 0.15) is 5.60 Å². The second-order valence-corrected chi connectivity index (χ2v) is 6.15. The van der Waals surface area contributed by atoms with Crippen LogP contribution in [0.3, 0.4) is 0 Å². The van der Waals surface area contributed by atoms with E-state index in [1.165, 1.54) is 12.8 Å². The number of ether oxygens (including phenoxy) is 1. The topological polar surface area (TPSA) is 49.8 Å². The Hall–Kier alpha value is -0.770. The van der Waals surface area contributed by atoms with Gasteiger partial charge in [-0.1, -0.05) is 0 Å². The summed E-state index contributed by atoms with van der Waals surface area (Å²) in [5.74, 6) is 0. The highest BCUT2D eigenvalue weighted by Crippen LogP contribution is 2.54. The van der Waals surface area contributed by atoms with Gasteiger partial charge in [0.15, 0.2) is 0 Å². The van der Waals surface area contributed by atoms with Crippen molar-refractivity contribution in [2.75, 3.05) is 13.2 Å². The molecule has 0 aromatic carbocycles. The first-order valence-electron chi connectivity index (χ1n) is 5.96. The van der Waals surface area contributed by atoms with Crippen LogP contribution in [0.4, 0.5) is 4.79 Å². The van der Waals surface area contributed by atoms with E-state index in [9.17, 15) is 9.90 Å². The molecule has 1 saturated heterocycles. The number of rotatable bonds is 1. The highest BCUT2D eigenvalue weighted by Gasteiger charge is 2.53. The number of nitrogens with zero attached hydrogens (tertiary/aromatic N) is 1. The van der Waals surface area contributed by atoms with Crippen molar-refractivity contribution >= 4 is 6.09 Å². The standard InChI is InChI=1S/C12H21NO3/c1-11(2,3)16-10(15)13-8-12(4-5-12)6-9(13)7-14/h9,14H,4-8H2,1-3H3. The molecule has 1 unspecified atom stereocenters. The van der Waals surface area contributed by atoms with Crippen LogP contribution in [-0.4, -0.2) is 40.9 Å². The Morgan fingerprint density at radius 1 is 1.50 bits per heavy atom. The number of aliphatic hydroxyl groups is 1. The molecule has 1 atom stereocenters. The Bertz CT molecular complexity index is 291. The second kappa shape index (κ2) is 3.62. The molecule has 0 aromatic rings. The molecule has 0 aromatic heterocycles. The van der Waals surface area contributed by atoms with Crippen molar-refractivity contribution in [3.63, 3.8) is 0 Å². The maximum absolute atomic E-state index is 11.9. The molecule has 1 aliphatic heterocycles. The first kappa shape index (κ1) is 11.7.